The molecule has 0 fully saturated rings. The molecule has 0 radical (unpaired) electrons. The maximum absolute atomic E-state index is 4.35. The quantitative estimate of drug-likeness (QED) is 0.701. The summed E-state index contributed by atoms with van der Waals surface area (Å²) in [6.07, 6.45) is 3.63. The van der Waals surface area contributed by atoms with Crippen molar-refractivity contribution in [2.75, 3.05) is 0 Å². The zero-order chi connectivity index (χ0) is 9.97. The SMILES string of the molecule is C=Cc1cnc(-c2ccccc2)n1C. The lowest BCUT2D eigenvalue weighted by Crippen LogP contribution is -1.94. The summed E-state index contributed by atoms with van der Waals surface area (Å²) in [5.74, 6) is 0.973. The molecule has 1 aromatic carbocycles. The highest BCUT2D eigenvalue weighted by Crippen LogP contribution is 2.18. The maximum atomic E-state index is 4.35. The van der Waals surface area contributed by atoms with E-state index in [2.05, 4.69) is 23.7 Å². The smallest absolute Gasteiger partial charge is 0.140 e. The number of imidazole rings is 1. The Morgan fingerprint density at radius 3 is 2.57 bits per heavy atom. The lowest BCUT2D eigenvalue weighted by molar-refractivity contribution is 0.914. The molecular formula is C12H12N2. The number of rotatable bonds is 2. The van der Waals surface area contributed by atoms with Gasteiger partial charge < -0.3 is 4.57 Å². The zero-order valence-corrected chi connectivity index (χ0v) is 8.14. The van der Waals surface area contributed by atoms with Crippen LogP contribution in [0.3, 0.4) is 0 Å². The Kier molecular flexibility index (Phi) is 2.19. The van der Waals surface area contributed by atoms with E-state index < -0.39 is 0 Å². The lowest BCUT2D eigenvalue weighted by Gasteiger charge is -2.02. The van der Waals surface area contributed by atoms with Crippen molar-refractivity contribution in [3.63, 3.8) is 0 Å². The predicted octanol–water partition coefficient (Wildman–Crippen LogP) is 2.73. The predicted molar refractivity (Wildman–Crippen MR) is 58.7 cm³/mol. The van der Waals surface area contributed by atoms with E-state index in [1.54, 1.807) is 6.08 Å². The summed E-state index contributed by atoms with van der Waals surface area (Å²) in [5.41, 5.74) is 2.16. The highest BCUT2D eigenvalue weighted by molar-refractivity contribution is 5.58. The average molecular weight is 184 g/mol. The Balaban J connectivity index is 2.53. The Bertz CT molecular complexity index is 441. The molecule has 0 bridgehead atoms. The van der Waals surface area contributed by atoms with E-state index in [4.69, 9.17) is 0 Å². The third-order valence-electron chi connectivity index (χ3n) is 2.27. The van der Waals surface area contributed by atoms with E-state index in [0.717, 1.165) is 17.1 Å². The van der Waals surface area contributed by atoms with Crippen molar-refractivity contribution in [2.45, 2.75) is 0 Å². The zero-order valence-electron chi connectivity index (χ0n) is 8.14. The molecule has 0 N–H and O–H groups in total. The third-order valence-corrected chi connectivity index (χ3v) is 2.27. The number of benzene rings is 1. The van der Waals surface area contributed by atoms with Crippen LogP contribution in [0.15, 0.2) is 43.1 Å². The average Bonchev–Trinajstić information content (AvgIpc) is 2.61. The molecule has 0 aliphatic carbocycles. The third kappa shape index (κ3) is 1.35. The molecule has 0 unspecified atom stereocenters. The molecule has 0 aliphatic rings. The second-order valence-electron chi connectivity index (χ2n) is 3.14. The molecule has 70 valence electrons. The fraction of sp³-hybridized carbons (Fsp3) is 0.0833. The molecule has 0 atom stereocenters. The molecular weight excluding hydrogens is 172 g/mol. The van der Waals surface area contributed by atoms with Crippen LogP contribution >= 0.6 is 0 Å². The van der Waals surface area contributed by atoms with Gasteiger partial charge in [0.25, 0.3) is 0 Å². The molecule has 2 rings (SSSR count). The molecule has 14 heavy (non-hydrogen) atoms. The summed E-state index contributed by atoms with van der Waals surface area (Å²) >= 11 is 0. The number of hydrogen-bond donors (Lipinski definition) is 0. The Hall–Kier alpha value is -1.83. The summed E-state index contributed by atoms with van der Waals surface area (Å²) in [6, 6.07) is 10.1. The van der Waals surface area contributed by atoms with Crippen LogP contribution in [0.1, 0.15) is 5.69 Å². The van der Waals surface area contributed by atoms with Crippen LogP contribution in [0.25, 0.3) is 17.5 Å². The molecule has 0 amide bonds. The summed E-state index contributed by atoms with van der Waals surface area (Å²) in [6.45, 7) is 3.74. The van der Waals surface area contributed by atoms with Crippen molar-refractivity contribution in [3.05, 3.63) is 48.8 Å². The van der Waals surface area contributed by atoms with Gasteiger partial charge in [-0.1, -0.05) is 36.9 Å². The molecule has 0 spiro atoms. The molecule has 2 aromatic rings. The minimum atomic E-state index is 0.973. The lowest BCUT2D eigenvalue weighted by atomic mass is 10.2. The first-order chi connectivity index (χ1) is 6.83. The van der Waals surface area contributed by atoms with Crippen LogP contribution < -0.4 is 0 Å². The van der Waals surface area contributed by atoms with Crippen LogP contribution in [0.4, 0.5) is 0 Å². The molecule has 2 nitrogen and oxygen atoms in total. The van der Waals surface area contributed by atoms with E-state index in [1.807, 2.05) is 36.0 Å². The Morgan fingerprint density at radius 2 is 2.00 bits per heavy atom. The van der Waals surface area contributed by atoms with Crippen LogP contribution in [0.5, 0.6) is 0 Å². The van der Waals surface area contributed by atoms with Gasteiger partial charge in [0.2, 0.25) is 0 Å². The molecule has 1 aromatic heterocycles. The van der Waals surface area contributed by atoms with Crippen LogP contribution in [0, 0.1) is 0 Å². The molecule has 1 heterocycles. The first-order valence-electron chi connectivity index (χ1n) is 4.52. The van der Waals surface area contributed by atoms with Crippen molar-refractivity contribution in [1.82, 2.24) is 9.55 Å². The van der Waals surface area contributed by atoms with E-state index in [0.29, 0.717) is 0 Å². The van der Waals surface area contributed by atoms with Crippen molar-refractivity contribution in [3.8, 4) is 11.4 Å². The fourth-order valence-corrected chi connectivity index (χ4v) is 1.47. The van der Waals surface area contributed by atoms with E-state index in [9.17, 15) is 0 Å². The van der Waals surface area contributed by atoms with Gasteiger partial charge in [-0.2, -0.15) is 0 Å². The second-order valence-corrected chi connectivity index (χ2v) is 3.14. The van der Waals surface area contributed by atoms with Crippen molar-refractivity contribution in [1.29, 1.82) is 0 Å². The van der Waals surface area contributed by atoms with Gasteiger partial charge in [0, 0.05) is 12.6 Å². The second kappa shape index (κ2) is 3.50. The number of nitrogens with zero attached hydrogens (tertiary/aromatic N) is 2. The Morgan fingerprint density at radius 1 is 1.29 bits per heavy atom. The van der Waals surface area contributed by atoms with Gasteiger partial charge in [-0.15, -0.1) is 0 Å². The van der Waals surface area contributed by atoms with Gasteiger partial charge in [-0.25, -0.2) is 4.98 Å². The van der Waals surface area contributed by atoms with Crippen LogP contribution in [0.2, 0.25) is 0 Å². The number of hydrogen-bond acceptors (Lipinski definition) is 1. The topological polar surface area (TPSA) is 17.8 Å². The molecule has 0 saturated carbocycles. The normalized spacial score (nSPS) is 10.1. The summed E-state index contributed by atoms with van der Waals surface area (Å²) < 4.78 is 2.03. The van der Waals surface area contributed by atoms with Crippen LogP contribution in [-0.2, 0) is 7.05 Å². The maximum Gasteiger partial charge on any atom is 0.140 e. The van der Waals surface area contributed by atoms with Crippen molar-refractivity contribution in [2.24, 2.45) is 7.05 Å². The largest absolute Gasteiger partial charge is 0.328 e. The number of aromatic nitrogens is 2. The fourth-order valence-electron chi connectivity index (χ4n) is 1.47. The van der Waals surface area contributed by atoms with Gasteiger partial charge in [0.05, 0.1) is 11.9 Å². The van der Waals surface area contributed by atoms with Gasteiger partial charge in [0.1, 0.15) is 5.82 Å². The first kappa shape index (κ1) is 8.75. The molecule has 0 saturated heterocycles. The van der Waals surface area contributed by atoms with Crippen molar-refractivity contribution >= 4 is 6.08 Å². The summed E-state index contributed by atoms with van der Waals surface area (Å²) in [5, 5.41) is 0. The minimum Gasteiger partial charge on any atom is -0.328 e. The highest BCUT2D eigenvalue weighted by atomic mass is 15.1. The monoisotopic (exact) mass is 184 g/mol. The van der Waals surface area contributed by atoms with E-state index in [-0.39, 0.29) is 0 Å². The highest BCUT2D eigenvalue weighted by Gasteiger charge is 2.04. The van der Waals surface area contributed by atoms with Gasteiger partial charge in [0.15, 0.2) is 0 Å². The Labute approximate surface area is 83.5 Å². The van der Waals surface area contributed by atoms with Crippen LogP contribution in [-0.4, -0.2) is 9.55 Å². The minimum absolute atomic E-state index is 0.973. The van der Waals surface area contributed by atoms with Gasteiger partial charge in [-0.05, 0) is 6.08 Å². The van der Waals surface area contributed by atoms with Gasteiger partial charge >= 0.3 is 0 Å². The summed E-state index contributed by atoms with van der Waals surface area (Å²) in [4.78, 5) is 4.35. The van der Waals surface area contributed by atoms with Gasteiger partial charge in [-0.3, -0.25) is 0 Å². The molecule has 2 heteroatoms. The molecule has 0 aliphatic heterocycles. The van der Waals surface area contributed by atoms with E-state index >= 15 is 0 Å². The van der Waals surface area contributed by atoms with E-state index in [1.165, 1.54) is 0 Å². The first-order valence-corrected chi connectivity index (χ1v) is 4.52. The summed E-state index contributed by atoms with van der Waals surface area (Å²) in [7, 11) is 1.99. The standard InChI is InChI=1S/C12H12N2/c1-3-11-9-13-12(14(11)2)10-7-5-4-6-8-10/h3-9H,1H2,2H3. The van der Waals surface area contributed by atoms with Crippen molar-refractivity contribution < 1.29 is 0 Å².